The fourth-order valence-corrected chi connectivity index (χ4v) is 3.10. The molecule has 32 heavy (non-hydrogen) atoms. The number of rotatable bonds is 7. The second-order valence-electron chi connectivity index (χ2n) is 6.86. The lowest BCUT2D eigenvalue weighted by Gasteiger charge is -2.12. The van der Waals surface area contributed by atoms with Crippen molar-refractivity contribution in [3.8, 4) is 17.1 Å². The van der Waals surface area contributed by atoms with E-state index in [1.807, 2.05) is 31.2 Å². The number of para-hydroxylation sites is 2. The van der Waals surface area contributed by atoms with E-state index in [0.717, 1.165) is 0 Å². The average molecular weight is 428 g/mol. The molecule has 4 rings (SSSR count). The van der Waals surface area contributed by atoms with Crippen LogP contribution >= 0.6 is 0 Å². The van der Waals surface area contributed by atoms with Gasteiger partial charge >= 0.3 is 0 Å². The van der Waals surface area contributed by atoms with Crippen LogP contribution < -0.4 is 15.4 Å². The van der Waals surface area contributed by atoms with Crippen molar-refractivity contribution in [3.05, 3.63) is 96.4 Å². The highest BCUT2D eigenvalue weighted by atomic mass is 19.1. The van der Waals surface area contributed by atoms with Gasteiger partial charge in [-0.3, -0.25) is 4.79 Å². The molecule has 3 aromatic carbocycles. The van der Waals surface area contributed by atoms with Gasteiger partial charge in [0.15, 0.2) is 5.82 Å². The fraction of sp³-hybridized carbons (Fsp3) is 0.0800. The van der Waals surface area contributed by atoms with Gasteiger partial charge in [-0.05, 0) is 67.6 Å². The standard InChI is InChI=1S/C25H21FN4O2/c1-2-32-22-9-4-3-8-21(22)29-25(31)18-6-5-7-20(16-18)28-23-14-15-27-24(30-23)17-10-12-19(26)13-11-17/h3-16H,2H2,1H3,(H,29,31)(H,27,28,30). The summed E-state index contributed by atoms with van der Waals surface area (Å²) in [6.07, 6.45) is 1.62. The molecule has 4 aromatic rings. The Morgan fingerprint density at radius 2 is 1.81 bits per heavy atom. The highest BCUT2D eigenvalue weighted by Gasteiger charge is 2.11. The molecule has 7 heteroatoms. The molecule has 0 spiro atoms. The molecular weight excluding hydrogens is 407 g/mol. The summed E-state index contributed by atoms with van der Waals surface area (Å²) in [6, 6.07) is 22.1. The fourth-order valence-electron chi connectivity index (χ4n) is 3.10. The van der Waals surface area contributed by atoms with Crippen LogP contribution in [0.1, 0.15) is 17.3 Å². The van der Waals surface area contributed by atoms with Crippen LogP contribution in [0.4, 0.5) is 21.6 Å². The van der Waals surface area contributed by atoms with Crippen molar-refractivity contribution >= 4 is 23.1 Å². The van der Waals surface area contributed by atoms with E-state index in [2.05, 4.69) is 20.6 Å². The molecule has 1 heterocycles. The third-order valence-corrected chi connectivity index (χ3v) is 4.59. The van der Waals surface area contributed by atoms with Crippen molar-refractivity contribution in [1.29, 1.82) is 0 Å². The number of amides is 1. The van der Waals surface area contributed by atoms with E-state index in [1.54, 1.807) is 48.7 Å². The number of hydrogen-bond donors (Lipinski definition) is 2. The molecule has 0 aliphatic rings. The lowest BCUT2D eigenvalue weighted by atomic mass is 10.1. The number of carbonyl (C=O) groups is 1. The van der Waals surface area contributed by atoms with Gasteiger partial charge in [0, 0.05) is 23.0 Å². The molecule has 160 valence electrons. The van der Waals surface area contributed by atoms with Gasteiger partial charge in [0.05, 0.1) is 12.3 Å². The van der Waals surface area contributed by atoms with Crippen LogP contribution in [0.3, 0.4) is 0 Å². The molecule has 0 atom stereocenters. The summed E-state index contributed by atoms with van der Waals surface area (Å²) < 4.78 is 18.7. The van der Waals surface area contributed by atoms with E-state index in [4.69, 9.17) is 4.74 Å². The van der Waals surface area contributed by atoms with Crippen LogP contribution in [-0.4, -0.2) is 22.5 Å². The molecular formula is C25H21FN4O2. The highest BCUT2D eigenvalue weighted by Crippen LogP contribution is 2.25. The number of anilines is 3. The highest BCUT2D eigenvalue weighted by molar-refractivity contribution is 6.05. The number of benzene rings is 3. The molecule has 0 unspecified atom stereocenters. The van der Waals surface area contributed by atoms with E-state index >= 15 is 0 Å². The third-order valence-electron chi connectivity index (χ3n) is 4.59. The Hall–Kier alpha value is -4.26. The van der Waals surface area contributed by atoms with Crippen molar-refractivity contribution in [2.45, 2.75) is 6.92 Å². The van der Waals surface area contributed by atoms with Crippen molar-refractivity contribution < 1.29 is 13.9 Å². The Balaban J connectivity index is 1.51. The number of ether oxygens (including phenoxy) is 1. The Labute approximate surface area is 185 Å². The van der Waals surface area contributed by atoms with E-state index in [1.165, 1.54) is 12.1 Å². The summed E-state index contributed by atoms with van der Waals surface area (Å²) in [5, 5.41) is 6.08. The number of aromatic nitrogens is 2. The van der Waals surface area contributed by atoms with Gasteiger partial charge in [0.25, 0.3) is 5.91 Å². The SMILES string of the molecule is CCOc1ccccc1NC(=O)c1cccc(Nc2ccnc(-c3ccc(F)cc3)n2)c1. The van der Waals surface area contributed by atoms with Crippen molar-refractivity contribution in [1.82, 2.24) is 9.97 Å². The van der Waals surface area contributed by atoms with E-state index in [0.29, 0.717) is 46.5 Å². The first kappa shape index (κ1) is 21.0. The molecule has 1 aromatic heterocycles. The van der Waals surface area contributed by atoms with Gasteiger partial charge in [-0.2, -0.15) is 0 Å². The molecule has 0 saturated carbocycles. The zero-order valence-corrected chi connectivity index (χ0v) is 17.4. The lowest BCUT2D eigenvalue weighted by molar-refractivity contribution is 0.102. The average Bonchev–Trinajstić information content (AvgIpc) is 2.81. The van der Waals surface area contributed by atoms with Gasteiger partial charge in [-0.25, -0.2) is 14.4 Å². The zero-order valence-electron chi connectivity index (χ0n) is 17.4. The quantitative estimate of drug-likeness (QED) is 0.396. The number of halogens is 1. The van der Waals surface area contributed by atoms with E-state index < -0.39 is 0 Å². The van der Waals surface area contributed by atoms with Gasteiger partial charge < -0.3 is 15.4 Å². The number of nitrogens with zero attached hydrogens (tertiary/aromatic N) is 2. The molecule has 2 N–H and O–H groups in total. The first-order chi connectivity index (χ1) is 15.6. The summed E-state index contributed by atoms with van der Waals surface area (Å²) in [4.78, 5) is 21.5. The Bertz CT molecular complexity index is 1230. The van der Waals surface area contributed by atoms with Crippen LogP contribution in [0.2, 0.25) is 0 Å². The molecule has 0 radical (unpaired) electrons. The van der Waals surface area contributed by atoms with Crippen LogP contribution in [0.25, 0.3) is 11.4 Å². The van der Waals surface area contributed by atoms with E-state index in [9.17, 15) is 9.18 Å². The summed E-state index contributed by atoms with van der Waals surface area (Å²) >= 11 is 0. The van der Waals surface area contributed by atoms with Gasteiger partial charge in [0.2, 0.25) is 0 Å². The number of carbonyl (C=O) groups excluding carboxylic acids is 1. The van der Waals surface area contributed by atoms with E-state index in [-0.39, 0.29) is 11.7 Å². The van der Waals surface area contributed by atoms with Crippen molar-refractivity contribution in [3.63, 3.8) is 0 Å². The largest absolute Gasteiger partial charge is 0.492 e. The Morgan fingerprint density at radius 1 is 1.00 bits per heavy atom. The minimum atomic E-state index is -0.318. The maximum absolute atomic E-state index is 13.2. The smallest absolute Gasteiger partial charge is 0.255 e. The number of nitrogens with one attached hydrogen (secondary N) is 2. The summed E-state index contributed by atoms with van der Waals surface area (Å²) in [5.74, 6) is 1.07. The Kier molecular flexibility index (Phi) is 6.36. The summed E-state index contributed by atoms with van der Waals surface area (Å²) in [5.41, 5.74) is 2.49. The second kappa shape index (κ2) is 9.70. The summed E-state index contributed by atoms with van der Waals surface area (Å²) in [6.45, 7) is 2.40. The van der Waals surface area contributed by atoms with Crippen LogP contribution in [0.15, 0.2) is 85.1 Å². The van der Waals surface area contributed by atoms with Gasteiger partial charge in [-0.15, -0.1) is 0 Å². The summed E-state index contributed by atoms with van der Waals surface area (Å²) in [7, 11) is 0. The molecule has 0 fully saturated rings. The lowest BCUT2D eigenvalue weighted by Crippen LogP contribution is -2.13. The maximum atomic E-state index is 13.2. The van der Waals surface area contributed by atoms with Crippen LogP contribution in [0, 0.1) is 5.82 Å². The predicted octanol–water partition coefficient (Wildman–Crippen LogP) is 5.68. The zero-order chi connectivity index (χ0) is 22.3. The maximum Gasteiger partial charge on any atom is 0.255 e. The minimum Gasteiger partial charge on any atom is -0.492 e. The second-order valence-corrected chi connectivity index (χ2v) is 6.86. The molecule has 1 amide bonds. The normalized spacial score (nSPS) is 10.4. The Morgan fingerprint density at radius 3 is 2.62 bits per heavy atom. The van der Waals surface area contributed by atoms with Crippen molar-refractivity contribution in [2.24, 2.45) is 0 Å². The van der Waals surface area contributed by atoms with Crippen LogP contribution in [0.5, 0.6) is 5.75 Å². The molecule has 0 bridgehead atoms. The van der Waals surface area contributed by atoms with Crippen molar-refractivity contribution in [2.75, 3.05) is 17.2 Å². The molecule has 0 saturated heterocycles. The van der Waals surface area contributed by atoms with Gasteiger partial charge in [-0.1, -0.05) is 18.2 Å². The minimum absolute atomic E-state index is 0.254. The van der Waals surface area contributed by atoms with Crippen LogP contribution in [-0.2, 0) is 0 Å². The molecule has 6 nitrogen and oxygen atoms in total. The first-order valence-electron chi connectivity index (χ1n) is 10.1. The first-order valence-corrected chi connectivity index (χ1v) is 10.1. The third kappa shape index (κ3) is 5.07. The predicted molar refractivity (Wildman–Crippen MR) is 123 cm³/mol. The topological polar surface area (TPSA) is 76.1 Å². The molecule has 0 aliphatic heterocycles. The molecule has 0 aliphatic carbocycles. The number of hydrogen-bond acceptors (Lipinski definition) is 5. The van der Waals surface area contributed by atoms with Gasteiger partial charge in [0.1, 0.15) is 17.4 Å². The monoisotopic (exact) mass is 428 g/mol.